The minimum Gasteiger partial charge on any atom is -0.411 e. The third-order valence-electron chi connectivity index (χ3n) is 6.22. The molecule has 8 unspecified atom stereocenters. The van der Waals surface area contributed by atoms with Crippen LogP contribution in [0.3, 0.4) is 0 Å². The quantitative estimate of drug-likeness (QED) is 0.304. The fourth-order valence-corrected chi connectivity index (χ4v) is 54.2. The van der Waals surface area contributed by atoms with Crippen LogP contribution < -0.4 is 11.5 Å². The van der Waals surface area contributed by atoms with Crippen LogP contribution in [0, 0.1) is 0 Å². The summed E-state index contributed by atoms with van der Waals surface area (Å²) in [6.45, 7) is 16.6. The Labute approximate surface area is 240 Å². The van der Waals surface area contributed by atoms with E-state index in [0.717, 1.165) is 0 Å². The fraction of sp³-hybridized carbons (Fsp3) is 1.00. The normalized spacial score (nSPS) is 51.7. The molecule has 4 heterocycles. The molecule has 0 aromatic carbocycles. The second kappa shape index (κ2) is 10.8. The predicted octanol–water partition coefficient (Wildman–Crippen LogP) is 1.05. The van der Waals surface area contributed by atoms with Gasteiger partial charge in [-0.15, -0.1) is 0 Å². The molecule has 4 aliphatic heterocycles. The van der Waals surface area contributed by atoms with Crippen molar-refractivity contribution in [1.29, 1.82) is 0 Å². The SMILES string of the molecule is C[Si](O)(CCCN)O[Si]1(C)O[Si]2(C)O[Si]3(C)O[Si](C)(CCCN)O[Si@@]4(C)O[Si](C)(O1)O[Si](C)(O2)O[Si](C)(O3)O4. The minimum atomic E-state index is -3.78. The van der Waals surface area contributed by atoms with Crippen LogP contribution in [0.5, 0.6) is 0 Å². The summed E-state index contributed by atoms with van der Waals surface area (Å²) in [6, 6.07) is 0.950. The van der Waals surface area contributed by atoms with Gasteiger partial charge in [-0.25, -0.2) is 0 Å². The topological polar surface area (TPSA) is 183 Å². The standard InChI is InChI=1S/C15H44N2O13Si9/c1-31(18,14-10-12-16)19-33(3)22-36(6)24-34(4)20-32(2,15-11-13-17)21-35(5)25-37(7,23-33)29-39(9,28-36)30-38(8,26-34)27-35/h18H,10-17H2,1-9H3/t31?,32?,33?,34-,35?,36?,37?,38?,39?/m0/s1. The van der Waals surface area contributed by atoms with E-state index < -0.39 is 78.8 Å². The summed E-state index contributed by atoms with van der Waals surface area (Å²) in [4.78, 5) is 11.2. The Balaban J connectivity index is 1.86. The second-order valence-electron chi connectivity index (χ2n) is 11.4. The summed E-state index contributed by atoms with van der Waals surface area (Å²) in [5.41, 5.74) is 11.5. The van der Waals surface area contributed by atoms with Crippen LogP contribution >= 0.6 is 0 Å². The smallest absolute Gasteiger partial charge is 0.411 e. The summed E-state index contributed by atoms with van der Waals surface area (Å²) < 4.78 is 79.8. The van der Waals surface area contributed by atoms with Gasteiger partial charge in [0.25, 0.3) is 0 Å². The average Bonchev–Trinajstić information content (AvgIpc) is 2.63. The van der Waals surface area contributed by atoms with Crippen molar-refractivity contribution >= 4 is 78.8 Å². The van der Waals surface area contributed by atoms with E-state index >= 15 is 0 Å². The maximum atomic E-state index is 11.2. The van der Waals surface area contributed by atoms with Gasteiger partial charge in [-0.05, 0) is 51.1 Å². The highest BCUT2D eigenvalue weighted by molar-refractivity contribution is 7.00. The molecule has 0 radical (unpaired) electrons. The molecule has 0 aromatic rings. The summed E-state index contributed by atoms with van der Waals surface area (Å²) in [5, 5.41) is 0. The predicted molar refractivity (Wildman–Crippen MR) is 157 cm³/mol. The van der Waals surface area contributed by atoms with Crippen LogP contribution in [-0.4, -0.2) is 96.6 Å². The third kappa shape index (κ3) is 7.90. The number of hydrogen-bond acceptors (Lipinski definition) is 15. The molecule has 228 valence electrons. The Morgan fingerprint density at radius 1 is 0.564 bits per heavy atom. The zero-order chi connectivity index (χ0) is 29.2. The Morgan fingerprint density at radius 3 is 1.26 bits per heavy atom. The van der Waals surface area contributed by atoms with Crippen molar-refractivity contribution in [2.45, 2.75) is 83.9 Å². The second-order valence-corrected chi connectivity index (χ2v) is 38.8. The van der Waals surface area contributed by atoms with E-state index in [0.29, 0.717) is 38.0 Å². The Hall–Kier alpha value is 1.35. The first-order chi connectivity index (χ1) is 17.6. The van der Waals surface area contributed by atoms with Crippen molar-refractivity contribution < 1.29 is 54.2 Å². The molecule has 0 saturated carbocycles. The molecular weight excluding hydrogens is 669 g/mol. The Kier molecular flexibility index (Phi) is 9.17. The highest BCUT2D eigenvalue weighted by atomic mass is 28.6. The lowest BCUT2D eigenvalue weighted by Gasteiger charge is -2.58. The molecule has 5 N–H and O–H groups in total. The van der Waals surface area contributed by atoms with Crippen LogP contribution in [0.1, 0.15) is 12.8 Å². The van der Waals surface area contributed by atoms with E-state index in [1.54, 1.807) is 52.4 Å². The summed E-state index contributed by atoms with van der Waals surface area (Å²) in [5.74, 6) is 0. The summed E-state index contributed by atoms with van der Waals surface area (Å²) in [6.07, 6.45) is 1.25. The fourth-order valence-electron chi connectivity index (χ4n) is 5.68. The van der Waals surface area contributed by atoms with E-state index in [1.165, 1.54) is 0 Å². The van der Waals surface area contributed by atoms with Crippen molar-refractivity contribution in [1.82, 2.24) is 0 Å². The van der Waals surface area contributed by atoms with E-state index in [9.17, 15) is 4.80 Å². The van der Waals surface area contributed by atoms with Crippen molar-refractivity contribution in [3.05, 3.63) is 0 Å². The summed E-state index contributed by atoms with van der Waals surface area (Å²) >= 11 is 0. The monoisotopic (exact) mass is 712 g/mol. The van der Waals surface area contributed by atoms with Gasteiger partial charge in [-0.2, -0.15) is 0 Å². The lowest BCUT2D eigenvalue weighted by atomic mass is 10.5. The number of hydrogen-bond donors (Lipinski definition) is 3. The molecule has 4 rings (SSSR count). The lowest BCUT2D eigenvalue weighted by Crippen LogP contribution is -2.83. The van der Waals surface area contributed by atoms with Crippen molar-refractivity contribution in [3.8, 4) is 0 Å². The summed E-state index contributed by atoms with van der Waals surface area (Å²) in [7, 11) is -32.1. The molecule has 9 atom stereocenters. The molecule has 0 aliphatic carbocycles. The molecule has 24 heteroatoms. The molecule has 15 nitrogen and oxygen atoms in total. The Bertz CT molecular complexity index is 895. The van der Waals surface area contributed by atoms with Crippen LogP contribution in [0.2, 0.25) is 71.0 Å². The van der Waals surface area contributed by atoms with Crippen LogP contribution in [0.4, 0.5) is 0 Å². The van der Waals surface area contributed by atoms with E-state index in [-0.39, 0.29) is 0 Å². The molecule has 4 aliphatic rings. The first-order valence-electron chi connectivity index (χ1n) is 13.1. The molecule has 6 bridgehead atoms. The van der Waals surface area contributed by atoms with Crippen LogP contribution in [-0.2, 0) is 49.4 Å². The first kappa shape index (κ1) is 33.2. The number of fused-ring (bicyclic) bond motifs is 4. The van der Waals surface area contributed by atoms with E-state index in [2.05, 4.69) is 0 Å². The van der Waals surface area contributed by atoms with Crippen molar-refractivity contribution in [3.63, 3.8) is 0 Å². The van der Waals surface area contributed by atoms with Gasteiger partial charge in [0.05, 0.1) is 0 Å². The molecule has 4 saturated heterocycles. The highest BCUT2D eigenvalue weighted by Gasteiger charge is 2.75. The van der Waals surface area contributed by atoms with Gasteiger partial charge in [0.2, 0.25) is 0 Å². The minimum absolute atomic E-state index is 0.390. The van der Waals surface area contributed by atoms with Crippen LogP contribution in [0.15, 0.2) is 0 Å². The molecule has 0 spiro atoms. The average molecular weight is 713 g/mol. The zero-order valence-corrected chi connectivity index (χ0v) is 33.2. The van der Waals surface area contributed by atoms with Gasteiger partial charge in [-0.1, -0.05) is 0 Å². The maximum absolute atomic E-state index is 11.2. The van der Waals surface area contributed by atoms with Gasteiger partial charge < -0.3 is 65.6 Å². The van der Waals surface area contributed by atoms with Gasteiger partial charge in [0.1, 0.15) is 0 Å². The third-order valence-corrected chi connectivity index (χ3v) is 45.1. The number of rotatable bonds is 8. The van der Waals surface area contributed by atoms with E-state index in [1.807, 2.05) is 6.55 Å². The molecule has 4 fully saturated rings. The highest BCUT2D eigenvalue weighted by Crippen LogP contribution is 2.45. The van der Waals surface area contributed by atoms with Crippen molar-refractivity contribution in [2.24, 2.45) is 11.5 Å². The van der Waals surface area contributed by atoms with Gasteiger partial charge in [0, 0.05) is 45.8 Å². The lowest BCUT2D eigenvalue weighted by molar-refractivity contribution is 0.0110. The maximum Gasteiger partial charge on any atom is 0.475 e. The number of nitrogens with two attached hydrogens (primary N) is 2. The molecule has 0 aromatic heterocycles. The molecule has 0 amide bonds. The van der Waals surface area contributed by atoms with Gasteiger partial charge in [-0.3, -0.25) is 0 Å². The van der Waals surface area contributed by atoms with Crippen LogP contribution in [0.25, 0.3) is 0 Å². The first-order valence-corrected chi connectivity index (χ1v) is 33.8. The van der Waals surface area contributed by atoms with Gasteiger partial charge >= 0.3 is 78.8 Å². The Morgan fingerprint density at radius 2 is 0.897 bits per heavy atom. The van der Waals surface area contributed by atoms with E-state index in [4.69, 9.17) is 60.8 Å². The van der Waals surface area contributed by atoms with Gasteiger partial charge in [0.15, 0.2) is 0 Å². The molecule has 39 heavy (non-hydrogen) atoms. The largest absolute Gasteiger partial charge is 0.475 e. The zero-order valence-electron chi connectivity index (χ0n) is 24.2. The molecular formula is C15H44N2O13Si9. The van der Waals surface area contributed by atoms with Crippen molar-refractivity contribution in [2.75, 3.05) is 13.1 Å².